The summed E-state index contributed by atoms with van der Waals surface area (Å²) in [4.78, 5) is 18.9. The van der Waals surface area contributed by atoms with Crippen LogP contribution < -0.4 is 15.1 Å². The van der Waals surface area contributed by atoms with Crippen molar-refractivity contribution in [2.75, 3.05) is 38.3 Å². The molecule has 0 radical (unpaired) electrons. The second kappa shape index (κ2) is 6.84. The first kappa shape index (κ1) is 16.7. The lowest BCUT2D eigenvalue weighted by Gasteiger charge is -2.30. The lowest BCUT2D eigenvalue weighted by molar-refractivity contribution is 0.123. The molecule has 4 rings (SSSR count). The lowest BCUT2D eigenvalue weighted by atomic mass is 10.0. The smallest absolute Gasteiger partial charge is 0.197 e. The number of hydrogen-bond donors (Lipinski definition) is 1. The molecule has 1 fully saturated rings. The maximum atomic E-state index is 13.2. The van der Waals surface area contributed by atoms with E-state index in [1.807, 2.05) is 43.5 Å². The highest BCUT2D eigenvalue weighted by Gasteiger charge is 2.17. The third-order valence-corrected chi connectivity index (χ3v) is 4.98. The van der Waals surface area contributed by atoms with E-state index >= 15 is 0 Å². The van der Waals surface area contributed by atoms with Crippen molar-refractivity contribution in [3.05, 3.63) is 58.4 Å². The quantitative estimate of drug-likeness (QED) is 0.787. The average Bonchev–Trinajstić information content (AvgIpc) is 2.69. The molecule has 1 aliphatic heterocycles. The summed E-state index contributed by atoms with van der Waals surface area (Å²) >= 11 is 0. The molecule has 5 heteroatoms. The van der Waals surface area contributed by atoms with E-state index < -0.39 is 0 Å². The summed E-state index contributed by atoms with van der Waals surface area (Å²) in [7, 11) is 1.63. The number of rotatable bonds is 3. The fourth-order valence-corrected chi connectivity index (χ4v) is 3.53. The van der Waals surface area contributed by atoms with E-state index in [4.69, 9.17) is 9.47 Å². The summed E-state index contributed by atoms with van der Waals surface area (Å²) in [6.07, 6.45) is 1.82. The molecule has 1 N–H and O–H groups in total. The average molecular weight is 350 g/mol. The highest BCUT2D eigenvalue weighted by Crippen LogP contribution is 2.29. The van der Waals surface area contributed by atoms with Crippen molar-refractivity contribution in [3.8, 4) is 16.9 Å². The number of pyridine rings is 1. The van der Waals surface area contributed by atoms with Crippen LogP contribution in [0.25, 0.3) is 22.0 Å². The normalized spacial score (nSPS) is 14.6. The molecule has 0 amide bonds. The van der Waals surface area contributed by atoms with E-state index in [0.717, 1.165) is 46.6 Å². The third-order valence-electron chi connectivity index (χ3n) is 4.98. The number of aryl methyl sites for hydroxylation is 1. The van der Waals surface area contributed by atoms with Crippen LogP contribution in [0.1, 0.15) is 5.56 Å². The standard InChI is InChI=1S/C21H22N2O3/c1-14-3-8-18(23-9-11-26-12-10-23)20-19(14)21(24)17(13-22-20)15-4-6-16(25-2)7-5-15/h3-8,13H,9-12H2,1-2H3,(H,22,24). The van der Waals surface area contributed by atoms with Crippen molar-refractivity contribution in [2.24, 2.45) is 0 Å². The van der Waals surface area contributed by atoms with Gasteiger partial charge < -0.3 is 19.4 Å². The second-order valence-corrected chi connectivity index (χ2v) is 6.51. The van der Waals surface area contributed by atoms with Crippen LogP contribution in [-0.2, 0) is 4.74 Å². The Balaban J connectivity index is 1.86. The van der Waals surface area contributed by atoms with Gasteiger partial charge in [0.1, 0.15) is 5.75 Å². The van der Waals surface area contributed by atoms with Crippen LogP contribution in [0.15, 0.2) is 47.4 Å². The third kappa shape index (κ3) is 2.84. The zero-order chi connectivity index (χ0) is 18.1. The Labute approximate surface area is 152 Å². The summed E-state index contributed by atoms with van der Waals surface area (Å²) in [5.74, 6) is 0.775. The van der Waals surface area contributed by atoms with Crippen molar-refractivity contribution in [1.29, 1.82) is 0 Å². The Hall–Kier alpha value is -2.79. The molecule has 2 aromatic carbocycles. The topological polar surface area (TPSA) is 54.6 Å². The Morgan fingerprint density at radius 1 is 1.08 bits per heavy atom. The van der Waals surface area contributed by atoms with E-state index in [0.29, 0.717) is 18.8 Å². The van der Waals surface area contributed by atoms with Crippen LogP contribution in [0.2, 0.25) is 0 Å². The molecule has 1 saturated heterocycles. The van der Waals surface area contributed by atoms with Crippen LogP contribution in [-0.4, -0.2) is 38.4 Å². The van der Waals surface area contributed by atoms with Gasteiger partial charge in [-0.2, -0.15) is 0 Å². The molecule has 0 saturated carbocycles. The van der Waals surface area contributed by atoms with E-state index in [2.05, 4.69) is 16.0 Å². The van der Waals surface area contributed by atoms with Gasteiger partial charge >= 0.3 is 0 Å². The van der Waals surface area contributed by atoms with Crippen LogP contribution in [0.5, 0.6) is 5.75 Å². The molecule has 0 spiro atoms. The molecule has 0 atom stereocenters. The molecule has 26 heavy (non-hydrogen) atoms. The number of methoxy groups -OCH3 is 1. The molecule has 0 unspecified atom stereocenters. The number of H-pyrrole nitrogens is 1. The van der Waals surface area contributed by atoms with Gasteiger partial charge in [-0.1, -0.05) is 18.2 Å². The number of hydrogen-bond acceptors (Lipinski definition) is 4. The van der Waals surface area contributed by atoms with E-state index in [-0.39, 0.29) is 5.43 Å². The minimum atomic E-state index is 0.0523. The second-order valence-electron chi connectivity index (χ2n) is 6.51. The molecule has 0 bridgehead atoms. The molecule has 2 heterocycles. The summed E-state index contributed by atoms with van der Waals surface area (Å²) in [5, 5.41) is 0.752. The van der Waals surface area contributed by atoms with Crippen LogP contribution in [0.3, 0.4) is 0 Å². The molecule has 5 nitrogen and oxygen atoms in total. The van der Waals surface area contributed by atoms with Crippen LogP contribution in [0.4, 0.5) is 5.69 Å². The van der Waals surface area contributed by atoms with Crippen LogP contribution in [0, 0.1) is 6.92 Å². The van der Waals surface area contributed by atoms with Gasteiger partial charge in [-0.15, -0.1) is 0 Å². The van der Waals surface area contributed by atoms with Gasteiger partial charge in [0.15, 0.2) is 5.43 Å². The molecule has 3 aromatic rings. The highest BCUT2D eigenvalue weighted by molar-refractivity contribution is 5.95. The largest absolute Gasteiger partial charge is 0.497 e. The number of nitrogens with one attached hydrogen (secondary N) is 1. The molecule has 1 aliphatic rings. The number of benzene rings is 2. The number of anilines is 1. The maximum absolute atomic E-state index is 13.2. The maximum Gasteiger partial charge on any atom is 0.197 e. The first-order valence-corrected chi connectivity index (χ1v) is 8.81. The molecular weight excluding hydrogens is 328 g/mol. The van der Waals surface area contributed by atoms with E-state index in [1.165, 1.54) is 0 Å². The number of aromatic amines is 1. The number of morpholine rings is 1. The Kier molecular flexibility index (Phi) is 4.39. The molecular formula is C21H22N2O3. The van der Waals surface area contributed by atoms with Gasteiger partial charge in [0.05, 0.1) is 36.9 Å². The number of ether oxygens (including phenoxy) is 2. The fourth-order valence-electron chi connectivity index (χ4n) is 3.53. The van der Waals surface area contributed by atoms with Crippen molar-refractivity contribution >= 4 is 16.6 Å². The molecule has 1 aromatic heterocycles. The van der Waals surface area contributed by atoms with Crippen molar-refractivity contribution in [2.45, 2.75) is 6.92 Å². The lowest BCUT2D eigenvalue weighted by Crippen LogP contribution is -2.36. The number of nitrogens with zero attached hydrogens (tertiary/aromatic N) is 1. The summed E-state index contributed by atoms with van der Waals surface area (Å²) in [6.45, 7) is 5.08. The highest BCUT2D eigenvalue weighted by atomic mass is 16.5. The Morgan fingerprint density at radius 3 is 2.50 bits per heavy atom. The predicted molar refractivity (Wildman–Crippen MR) is 104 cm³/mol. The monoisotopic (exact) mass is 350 g/mol. The van der Waals surface area contributed by atoms with E-state index in [1.54, 1.807) is 7.11 Å². The zero-order valence-electron chi connectivity index (χ0n) is 15.0. The zero-order valence-corrected chi connectivity index (χ0v) is 15.0. The van der Waals surface area contributed by atoms with Gasteiger partial charge in [-0.25, -0.2) is 0 Å². The van der Waals surface area contributed by atoms with Gasteiger partial charge in [-0.3, -0.25) is 4.79 Å². The number of fused-ring (bicyclic) bond motifs is 1. The minimum Gasteiger partial charge on any atom is -0.497 e. The first-order chi connectivity index (χ1) is 12.7. The van der Waals surface area contributed by atoms with Crippen molar-refractivity contribution in [3.63, 3.8) is 0 Å². The van der Waals surface area contributed by atoms with Gasteiger partial charge in [-0.05, 0) is 36.2 Å². The Morgan fingerprint density at radius 2 is 1.81 bits per heavy atom. The fraction of sp³-hybridized carbons (Fsp3) is 0.286. The SMILES string of the molecule is COc1ccc(-c2c[nH]c3c(N4CCOCC4)ccc(C)c3c2=O)cc1. The van der Waals surface area contributed by atoms with E-state index in [9.17, 15) is 4.79 Å². The summed E-state index contributed by atoms with van der Waals surface area (Å²) in [5.41, 5.74) is 4.54. The van der Waals surface area contributed by atoms with Gasteiger partial charge in [0, 0.05) is 24.8 Å². The first-order valence-electron chi connectivity index (χ1n) is 8.81. The molecule has 134 valence electrons. The minimum absolute atomic E-state index is 0.0523. The van der Waals surface area contributed by atoms with Crippen molar-refractivity contribution in [1.82, 2.24) is 4.98 Å². The number of aromatic nitrogens is 1. The predicted octanol–water partition coefficient (Wildman–Crippen LogP) is 3.35. The van der Waals surface area contributed by atoms with Crippen LogP contribution >= 0.6 is 0 Å². The molecule has 0 aliphatic carbocycles. The summed E-state index contributed by atoms with van der Waals surface area (Å²) in [6, 6.07) is 11.7. The van der Waals surface area contributed by atoms with Gasteiger partial charge in [0.25, 0.3) is 0 Å². The van der Waals surface area contributed by atoms with Gasteiger partial charge in [0.2, 0.25) is 0 Å². The van der Waals surface area contributed by atoms with Crippen molar-refractivity contribution < 1.29 is 9.47 Å². The summed E-state index contributed by atoms with van der Waals surface area (Å²) < 4.78 is 10.7. The Bertz CT molecular complexity index is 987.